The van der Waals surface area contributed by atoms with Gasteiger partial charge in [-0.2, -0.15) is 0 Å². The van der Waals surface area contributed by atoms with Gasteiger partial charge in [-0.15, -0.1) is 0 Å². The number of amides is 5. The second-order valence-electron chi connectivity index (χ2n) is 21.7. The molecule has 0 aliphatic carbocycles. The Balaban J connectivity index is 0.000000202. The molecule has 1 saturated heterocycles. The number of hydrogen-bond donors (Lipinski definition) is 2. The summed E-state index contributed by atoms with van der Waals surface area (Å²) in [6.07, 6.45) is -0.726. The van der Waals surface area contributed by atoms with Crippen molar-refractivity contribution in [2.45, 2.75) is 76.5 Å². The van der Waals surface area contributed by atoms with Crippen molar-refractivity contribution in [3.63, 3.8) is 0 Å². The third-order valence-electron chi connectivity index (χ3n) is 15.1. The van der Waals surface area contributed by atoms with E-state index in [1.165, 1.54) is 4.90 Å². The predicted molar refractivity (Wildman–Crippen MR) is 324 cm³/mol. The van der Waals surface area contributed by atoms with E-state index in [4.69, 9.17) is 9.73 Å². The van der Waals surface area contributed by atoms with Crippen molar-refractivity contribution < 1.29 is 28.7 Å². The number of nitrogens with one attached hydrogen (secondary N) is 2. The van der Waals surface area contributed by atoms with Gasteiger partial charge >= 0.3 is 6.09 Å². The Morgan fingerprint density at radius 2 is 0.916 bits per heavy atom. The second kappa shape index (κ2) is 24.9. The van der Waals surface area contributed by atoms with Gasteiger partial charge < -0.3 is 19.9 Å². The summed E-state index contributed by atoms with van der Waals surface area (Å²) in [5.74, 6) is -0.0767. The topological polar surface area (TPSA) is 144 Å². The predicted octanol–water partition coefficient (Wildman–Crippen LogP) is 12.6. The fourth-order valence-electron chi connectivity index (χ4n) is 10.5. The van der Waals surface area contributed by atoms with E-state index < -0.39 is 22.8 Å². The molecule has 0 spiro atoms. The number of carbonyl (C=O) groups is 5. The number of hydrogen-bond acceptors (Lipinski definition) is 8. The van der Waals surface area contributed by atoms with Crippen molar-refractivity contribution in [1.29, 1.82) is 0 Å². The van der Waals surface area contributed by atoms with Crippen molar-refractivity contribution in [3.8, 4) is 0 Å². The van der Waals surface area contributed by atoms with Gasteiger partial charge in [0.25, 0.3) is 23.6 Å². The standard InChI is InChI=1S/C37H38N4O4.C33H31N3O2/c1-26(28-17-9-6-10-18-28)40(5)32(42)29-19-15-16-27(24-29)25-41-33(43)37(30-20-11-7-12-21-30,31-22-13-8-14-23-31)39-34(41)38-35(44)45-36(2,3)4;1-24(27-15-7-4-8-16-27)35(3)31(37)28-17-13-14-26(22-28)23-36-25(2)34-33(32(36)38,29-18-9-5-10-19-29)30-20-11-6-12-21-30/h6-24,26H,25H2,1-5H3,(H,38,39,44);4-22,24,34H,2,23H2,1,3H3/t26-;24-/m11/s1. The molecule has 2 heterocycles. The molecule has 10 rings (SSSR count). The number of guanidine groups is 1. The second-order valence-corrected chi connectivity index (χ2v) is 21.7. The monoisotopic (exact) mass is 1100 g/mol. The molecule has 0 unspecified atom stereocenters. The fraction of sp³-hybridized carbons (Fsp3) is 0.200. The van der Waals surface area contributed by atoms with E-state index in [0.717, 1.165) is 27.8 Å². The van der Waals surface area contributed by atoms with Crippen LogP contribution in [0.4, 0.5) is 4.79 Å². The third-order valence-corrected chi connectivity index (χ3v) is 15.1. The molecule has 0 radical (unpaired) electrons. The van der Waals surface area contributed by atoms with Crippen LogP contribution < -0.4 is 10.6 Å². The van der Waals surface area contributed by atoms with Gasteiger partial charge in [0.1, 0.15) is 11.4 Å². The highest BCUT2D eigenvalue weighted by Crippen LogP contribution is 2.42. The maximum atomic E-state index is 14.6. The van der Waals surface area contributed by atoms with Crippen molar-refractivity contribution in [1.82, 2.24) is 30.2 Å². The quantitative estimate of drug-likeness (QED) is 0.110. The first-order chi connectivity index (χ1) is 39.9. The van der Waals surface area contributed by atoms with E-state index in [9.17, 15) is 24.0 Å². The van der Waals surface area contributed by atoms with Crippen molar-refractivity contribution >= 4 is 35.7 Å². The third kappa shape index (κ3) is 12.4. The SMILES string of the molecule is C=C1NC(c2ccccc2)(c2ccccc2)C(=O)N1Cc1cccc(C(=O)N(C)[C@H](C)c2ccccc2)c1.C[C@H](c1ccccc1)N(C)C(=O)c1cccc(CN2C(=O)C(c3ccccc3)(c3ccccc3)N=C2NC(=O)OC(C)(C)C)c1. The number of ether oxygens (including phenoxy) is 1. The van der Waals surface area contributed by atoms with Crippen LogP contribution in [0.3, 0.4) is 0 Å². The molecule has 2 aliphatic rings. The van der Waals surface area contributed by atoms with E-state index in [2.05, 4.69) is 17.2 Å². The Morgan fingerprint density at radius 1 is 0.542 bits per heavy atom. The normalized spacial score (nSPS) is 15.0. The molecule has 5 amide bonds. The van der Waals surface area contributed by atoms with Gasteiger partial charge in [0.2, 0.25) is 5.96 Å². The van der Waals surface area contributed by atoms with Crippen LogP contribution in [0.2, 0.25) is 0 Å². The molecule has 8 aromatic rings. The minimum absolute atomic E-state index is 0.0634. The van der Waals surface area contributed by atoms with Gasteiger partial charge in [0, 0.05) is 25.2 Å². The highest BCUT2D eigenvalue weighted by Gasteiger charge is 2.53. The fourth-order valence-corrected chi connectivity index (χ4v) is 10.5. The van der Waals surface area contributed by atoms with Gasteiger partial charge in [0.05, 0.1) is 25.2 Å². The van der Waals surface area contributed by atoms with Crippen molar-refractivity contribution in [3.05, 3.63) is 299 Å². The maximum absolute atomic E-state index is 14.6. The van der Waals surface area contributed by atoms with Gasteiger partial charge in [-0.3, -0.25) is 34.3 Å². The molecule has 420 valence electrons. The van der Waals surface area contributed by atoms with Crippen molar-refractivity contribution in [2.75, 3.05) is 14.1 Å². The van der Waals surface area contributed by atoms with Crippen LogP contribution in [0.5, 0.6) is 0 Å². The summed E-state index contributed by atoms with van der Waals surface area (Å²) < 4.78 is 5.53. The Kier molecular flexibility index (Phi) is 17.3. The van der Waals surface area contributed by atoms with Gasteiger partial charge in [-0.1, -0.05) is 213 Å². The van der Waals surface area contributed by atoms with Crippen LogP contribution in [0.25, 0.3) is 0 Å². The number of nitrogens with zero attached hydrogens (tertiary/aromatic N) is 5. The minimum Gasteiger partial charge on any atom is -0.444 e. The Bertz CT molecular complexity index is 3550. The summed E-state index contributed by atoms with van der Waals surface area (Å²) >= 11 is 0. The summed E-state index contributed by atoms with van der Waals surface area (Å²) in [5.41, 5.74) is 4.46. The molecule has 13 heteroatoms. The van der Waals surface area contributed by atoms with Gasteiger partial charge in [-0.05, 0) is 103 Å². The van der Waals surface area contributed by atoms with E-state index in [0.29, 0.717) is 40.2 Å². The largest absolute Gasteiger partial charge is 0.444 e. The number of alkyl carbamates (subject to hydrolysis) is 1. The summed E-state index contributed by atoms with van der Waals surface area (Å²) in [5, 5.41) is 6.15. The molecule has 2 aliphatic heterocycles. The lowest BCUT2D eigenvalue weighted by atomic mass is 9.82. The first-order valence-electron chi connectivity index (χ1n) is 27.7. The average Bonchev–Trinajstić information content (AvgIpc) is 2.91. The number of aliphatic imine (C=N–C) groups is 1. The zero-order chi connectivity index (χ0) is 58.9. The number of rotatable bonds is 14. The summed E-state index contributed by atoms with van der Waals surface area (Å²) in [6, 6.07) is 72.3. The van der Waals surface area contributed by atoms with E-state index in [1.807, 2.05) is 233 Å². The van der Waals surface area contributed by atoms with Crippen LogP contribution in [0.15, 0.2) is 248 Å². The molecule has 0 saturated carbocycles. The summed E-state index contributed by atoms with van der Waals surface area (Å²) in [7, 11) is 3.59. The maximum Gasteiger partial charge on any atom is 0.414 e. The lowest BCUT2D eigenvalue weighted by Crippen LogP contribution is -2.47. The van der Waals surface area contributed by atoms with Crippen molar-refractivity contribution in [2.24, 2.45) is 4.99 Å². The Morgan fingerprint density at radius 3 is 1.31 bits per heavy atom. The molecule has 13 nitrogen and oxygen atoms in total. The Hall–Kier alpha value is -9.88. The Labute approximate surface area is 486 Å². The van der Waals surface area contributed by atoms with Crippen LogP contribution in [0, 0.1) is 0 Å². The number of benzene rings is 8. The van der Waals surface area contributed by atoms with Crippen LogP contribution in [0.1, 0.15) is 112 Å². The van der Waals surface area contributed by atoms with Crippen LogP contribution >= 0.6 is 0 Å². The van der Waals surface area contributed by atoms with Crippen LogP contribution in [-0.2, 0) is 38.5 Å². The summed E-state index contributed by atoms with van der Waals surface area (Å²) in [6.45, 7) is 13.8. The first kappa shape index (κ1) is 57.8. The van der Waals surface area contributed by atoms with E-state index in [-0.39, 0.29) is 48.2 Å². The molecule has 8 aromatic carbocycles. The molecular weight excluding hydrogens is 1030 g/mol. The first-order valence-corrected chi connectivity index (χ1v) is 27.7. The highest BCUT2D eigenvalue weighted by atomic mass is 16.6. The zero-order valence-electron chi connectivity index (χ0n) is 47.9. The molecular formula is C70H69N7O6. The molecule has 0 bridgehead atoms. The molecule has 0 aromatic heterocycles. The smallest absolute Gasteiger partial charge is 0.414 e. The number of carbonyl (C=O) groups excluding carboxylic acids is 5. The minimum atomic E-state index is -1.44. The average molecular weight is 1100 g/mol. The lowest BCUT2D eigenvalue weighted by Gasteiger charge is -2.28. The highest BCUT2D eigenvalue weighted by molar-refractivity contribution is 6.12. The summed E-state index contributed by atoms with van der Waals surface area (Å²) in [4.78, 5) is 80.2. The molecule has 1 fully saturated rings. The lowest BCUT2D eigenvalue weighted by molar-refractivity contribution is -0.131. The zero-order valence-corrected chi connectivity index (χ0v) is 47.9. The van der Waals surface area contributed by atoms with Gasteiger partial charge in [-0.25, -0.2) is 9.79 Å². The van der Waals surface area contributed by atoms with Gasteiger partial charge in [0.15, 0.2) is 11.1 Å². The van der Waals surface area contributed by atoms with Crippen LogP contribution in [-0.4, -0.2) is 75.0 Å². The molecule has 2 atom stereocenters. The van der Waals surface area contributed by atoms with E-state index >= 15 is 0 Å². The molecule has 83 heavy (non-hydrogen) atoms. The van der Waals surface area contributed by atoms with E-state index in [1.54, 1.807) is 60.7 Å². The molecule has 2 N–H and O–H groups in total.